The predicted molar refractivity (Wildman–Crippen MR) is 63.9 cm³/mol. The van der Waals surface area contributed by atoms with E-state index in [1.807, 2.05) is 0 Å². The normalized spacial score (nSPS) is 24.8. The second-order valence-electron chi connectivity index (χ2n) is 4.97. The molecule has 0 aromatic heterocycles. The van der Waals surface area contributed by atoms with Crippen LogP contribution in [-0.2, 0) is 0 Å². The van der Waals surface area contributed by atoms with Crippen molar-refractivity contribution in [3.05, 3.63) is 0 Å². The molecular formula is C12H25N3. The van der Waals surface area contributed by atoms with Crippen LogP contribution in [-0.4, -0.2) is 44.3 Å². The lowest BCUT2D eigenvalue weighted by Gasteiger charge is -2.27. The summed E-state index contributed by atoms with van der Waals surface area (Å²) in [6.45, 7) is 7.03. The Kier molecular flexibility index (Phi) is 4.90. The van der Waals surface area contributed by atoms with Gasteiger partial charge in [-0.1, -0.05) is 25.7 Å². The molecule has 0 aromatic rings. The number of rotatable bonds is 5. The standard InChI is InChI=1S/C12H25N3/c1-2-4-12(3-1)5-6-14-11-15-9-7-13-8-10-15/h12-14H,1-11H2. The van der Waals surface area contributed by atoms with Crippen LogP contribution in [0.4, 0.5) is 0 Å². The third kappa shape index (κ3) is 4.09. The van der Waals surface area contributed by atoms with Gasteiger partial charge in [0.25, 0.3) is 0 Å². The molecular weight excluding hydrogens is 186 g/mol. The van der Waals surface area contributed by atoms with Crippen LogP contribution in [0.15, 0.2) is 0 Å². The summed E-state index contributed by atoms with van der Waals surface area (Å²) >= 11 is 0. The van der Waals surface area contributed by atoms with Crippen LogP contribution in [0.25, 0.3) is 0 Å². The minimum atomic E-state index is 1.03. The van der Waals surface area contributed by atoms with E-state index in [1.54, 1.807) is 0 Å². The fraction of sp³-hybridized carbons (Fsp3) is 1.00. The first-order chi connectivity index (χ1) is 7.45. The summed E-state index contributed by atoms with van der Waals surface area (Å²) in [4.78, 5) is 2.51. The van der Waals surface area contributed by atoms with E-state index in [9.17, 15) is 0 Å². The van der Waals surface area contributed by atoms with Gasteiger partial charge in [-0.15, -0.1) is 0 Å². The Labute approximate surface area is 93.6 Å². The molecule has 0 amide bonds. The summed E-state index contributed by atoms with van der Waals surface area (Å²) in [5, 5.41) is 6.96. The Balaban J connectivity index is 1.47. The summed E-state index contributed by atoms with van der Waals surface area (Å²) in [7, 11) is 0. The Morgan fingerprint density at radius 2 is 1.87 bits per heavy atom. The fourth-order valence-corrected chi connectivity index (χ4v) is 2.71. The molecule has 2 fully saturated rings. The molecule has 88 valence electrons. The number of piperazine rings is 1. The molecule has 1 saturated carbocycles. The highest BCUT2D eigenvalue weighted by Crippen LogP contribution is 2.26. The van der Waals surface area contributed by atoms with E-state index < -0.39 is 0 Å². The maximum absolute atomic E-state index is 3.58. The molecule has 0 aromatic carbocycles. The van der Waals surface area contributed by atoms with E-state index in [1.165, 1.54) is 51.7 Å². The highest BCUT2D eigenvalue weighted by atomic mass is 15.2. The fourth-order valence-electron chi connectivity index (χ4n) is 2.71. The van der Waals surface area contributed by atoms with Gasteiger partial charge in [0.1, 0.15) is 0 Å². The quantitative estimate of drug-likeness (QED) is 0.665. The topological polar surface area (TPSA) is 27.3 Å². The third-order valence-corrected chi connectivity index (χ3v) is 3.75. The van der Waals surface area contributed by atoms with Gasteiger partial charge in [-0.25, -0.2) is 0 Å². The molecule has 2 rings (SSSR count). The molecule has 1 saturated heterocycles. The summed E-state index contributed by atoms with van der Waals surface area (Å²) < 4.78 is 0. The Morgan fingerprint density at radius 1 is 1.13 bits per heavy atom. The van der Waals surface area contributed by atoms with Gasteiger partial charge in [0.15, 0.2) is 0 Å². The molecule has 1 aliphatic carbocycles. The van der Waals surface area contributed by atoms with Crippen LogP contribution in [0.2, 0.25) is 0 Å². The molecule has 0 bridgehead atoms. The van der Waals surface area contributed by atoms with Gasteiger partial charge >= 0.3 is 0 Å². The van der Waals surface area contributed by atoms with E-state index >= 15 is 0 Å². The number of hydrogen-bond acceptors (Lipinski definition) is 3. The van der Waals surface area contributed by atoms with Crippen LogP contribution in [0.5, 0.6) is 0 Å². The minimum absolute atomic E-state index is 1.03. The van der Waals surface area contributed by atoms with Gasteiger partial charge in [-0.2, -0.15) is 0 Å². The van der Waals surface area contributed by atoms with Gasteiger partial charge in [-0.05, 0) is 18.9 Å². The molecule has 2 aliphatic rings. The molecule has 2 N–H and O–H groups in total. The molecule has 3 nitrogen and oxygen atoms in total. The smallest absolute Gasteiger partial charge is 0.0481 e. The lowest BCUT2D eigenvalue weighted by Crippen LogP contribution is -2.47. The first kappa shape index (κ1) is 11.4. The minimum Gasteiger partial charge on any atom is -0.314 e. The van der Waals surface area contributed by atoms with E-state index in [4.69, 9.17) is 0 Å². The molecule has 0 spiro atoms. The lowest BCUT2D eigenvalue weighted by molar-refractivity contribution is 0.222. The molecule has 15 heavy (non-hydrogen) atoms. The van der Waals surface area contributed by atoms with Gasteiger partial charge in [-0.3, -0.25) is 4.90 Å². The van der Waals surface area contributed by atoms with Crippen molar-refractivity contribution in [1.29, 1.82) is 0 Å². The number of nitrogens with zero attached hydrogens (tertiary/aromatic N) is 1. The average Bonchev–Trinajstić information content (AvgIpc) is 2.79. The molecule has 0 atom stereocenters. The Bertz CT molecular complexity index is 160. The highest BCUT2D eigenvalue weighted by Gasteiger charge is 2.14. The van der Waals surface area contributed by atoms with Gasteiger partial charge in [0.05, 0.1) is 0 Å². The summed E-state index contributed by atoms with van der Waals surface area (Å²) in [5.74, 6) is 1.03. The molecule has 0 radical (unpaired) electrons. The van der Waals surface area contributed by atoms with Crippen LogP contribution < -0.4 is 10.6 Å². The van der Waals surface area contributed by atoms with Gasteiger partial charge in [0.2, 0.25) is 0 Å². The van der Waals surface area contributed by atoms with Crippen molar-refractivity contribution < 1.29 is 0 Å². The molecule has 1 aliphatic heterocycles. The first-order valence-electron chi connectivity index (χ1n) is 6.59. The summed E-state index contributed by atoms with van der Waals surface area (Å²) in [5.41, 5.74) is 0. The monoisotopic (exact) mass is 211 g/mol. The molecule has 0 unspecified atom stereocenters. The third-order valence-electron chi connectivity index (χ3n) is 3.75. The zero-order chi connectivity index (χ0) is 10.3. The van der Waals surface area contributed by atoms with Crippen LogP contribution >= 0.6 is 0 Å². The van der Waals surface area contributed by atoms with Crippen molar-refractivity contribution in [2.45, 2.75) is 32.1 Å². The predicted octanol–water partition coefficient (Wildman–Crippen LogP) is 1.02. The van der Waals surface area contributed by atoms with Crippen molar-refractivity contribution in [2.24, 2.45) is 5.92 Å². The number of hydrogen-bond donors (Lipinski definition) is 2. The SMILES string of the molecule is C1CCC(CCNCN2CCNCC2)C1. The van der Waals surface area contributed by atoms with Crippen molar-refractivity contribution in [3.8, 4) is 0 Å². The summed E-state index contributed by atoms with van der Waals surface area (Å²) in [6.07, 6.45) is 7.31. The Hall–Kier alpha value is -0.120. The van der Waals surface area contributed by atoms with Crippen LogP contribution in [0.3, 0.4) is 0 Å². The maximum atomic E-state index is 3.58. The number of nitrogens with one attached hydrogen (secondary N) is 2. The van der Waals surface area contributed by atoms with Crippen molar-refractivity contribution in [1.82, 2.24) is 15.5 Å². The van der Waals surface area contributed by atoms with E-state index in [-0.39, 0.29) is 0 Å². The van der Waals surface area contributed by atoms with Gasteiger partial charge < -0.3 is 10.6 Å². The van der Waals surface area contributed by atoms with Crippen molar-refractivity contribution in [3.63, 3.8) is 0 Å². The van der Waals surface area contributed by atoms with Crippen LogP contribution in [0.1, 0.15) is 32.1 Å². The lowest BCUT2D eigenvalue weighted by atomic mass is 10.0. The van der Waals surface area contributed by atoms with Gasteiger partial charge in [0, 0.05) is 32.8 Å². The summed E-state index contributed by atoms with van der Waals surface area (Å²) in [6, 6.07) is 0. The first-order valence-corrected chi connectivity index (χ1v) is 6.59. The van der Waals surface area contributed by atoms with E-state index in [0.29, 0.717) is 0 Å². The van der Waals surface area contributed by atoms with Crippen LogP contribution in [0, 0.1) is 5.92 Å². The van der Waals surface area contributed by atoms with Crippen molar-refractivity contribution in [2.75, 3.05) is 39.4 Å². The highest BCUT2D eigenvalue weighted by molar-refractivity contribution is 4.69. The average molecular weight is 211 g/mol. The van der Waals surface area contributed by atoms with Crippen molar-refractivity contribution >= 4 is 0 Å². The van der Waals surface area contributed by atoms with E-state index in [0.717, 1.165) is 25.7 Å². The molecule has 1 heterocycles. The Morgan fingerprint density at radius 3 is 2.60 bits per heavy atom. The van der Waals surface area contributed by atoms with E-state index in [2.05, 4.69) is 15.5 Å². The second-order valence-corrected chi connectivity index (χ2v) is 4.97. The largest absolute Gasteiger partial charge is 0.314 e. The zero-order valence-corrected chi connectivity index (χ0v) is 9.80. The zero-order valence-electron chi connectivity index (χ0n) is 9.80. The molecule has 3 heteroatoms. The maximum Gasteiger partial charge on any atom is 0.0481 e. The second kappa shape index (κ2) is 6.46.